The predicted octanol–water partition coefficient (Wildman–Crippen LogP) is 0.526. The van der Waals surface area contributed by atoms with E-state index < -0.39 is 0 Å². The van der Waals surface area contributed by atoms with Crippen LogP contribution >= 0.6 is 0 Å². The first kappa shape index (κ1) is 7.69. The first-order valence-electron chi connectivity index (χ1n) is 2.55. The number of carbonyl (C=O) groups is 1. The van der Waals surface area contributed by atoms with E-state index in [1.807, 2.05) is 0 Å². The van der Waals surface area contributed by atoms with E-state index in [1.54, 1.807) is 0 Å². The molecule has 3 radical (unpaired) electrons. The largest absolute Gasteiger partial charge is 0.466 e. The van der Waals surface area contributed by atoms with Crippen molar-refractivity contribution in [2.75, 3.05) is 6.61 Å². The van der Waals surface area contributed by atoms with Gasteiger partial charge in [0.25, 0.3) is 0 Å². The summed E-state index contributed by atoms with van der Waals surface area (Å²) < 4.78 is 4.61. The van der Waals surface area contributed by atoms with Crippen molar-refractivity contribution in [1.29, 1.82) is 0 Å². The molecule has 0 saturated heterocycles. The molecule has 0 unspecified atom stereocenters. The molecule has 0 amide bonds. The zero-order chi connectivity index (χ0) is 6.41. The number of hydrogen-bond acceptors (Lipinski definition) is 2. The van der Waals surface area contributed by atoms with Crippen LogP contribution < -0.4 is 0 Å². The Bertz CT molecular complexity index is 72.8. The van der Waals surface area contributed by atoms with Crippen molar-refractivity contribution in [3.8, 4) is 0 Å². The first-order valence-corrected chi connectivity index (χ1v) is 3.26. The van der Waals surface area contributed by atoms with Gasteiger partial charge in [0, 0.05) is 17.2 Å². The van der Waals surface area contributed by atoms with Gasteiger partial charge in [0.15, 0.2) is 0 Å². The van der Waals surface area contributed by atoms with E-state index in [4.69, 9.17) is 0 Å². The standard InChI is InChI=1S/C5H9O2Si/c1-5(6)7-3-2-4-8/h2-4H2,1H3. The first-order chi connectivity index (χ1) is 3.77. The lowest BCUT2D eigenvalue weighted by atomic mass is 10.5. The van der Waals surface area contributed by atoms with Gasteiger partial charge in [0.1, 0.15) is 0 Å². The Balaban J connectivity index is 2.82. The van der Waals surface area contributed by atoms with Crippen molar-refractivity contribution >= 4 is 16.2 Å². The molecule has 0 heterocycles. The summed E-state index contributed by atoms with van der Waals surface area (Å²) in [6.07, 6.45) is 0.885. The lowest BCUT2D eigenvalue weighted by Crippen LogP contribution is -1.99. The minimum absolute atomic E-state index is 0.204. The van der Waals surface area contributed by atoms with E-state index in [0.717, 1.165) is 12.5 Å². The van der Waals surface area contributed by atoms with E-state index in [0.29, 0.717) is 6.61 Å². The molecule has 0 N–H and O–H groups in total. The SMILES string of the molecule is CC(=O)OCCC[Si]. The summed E-state index contributed by atoms with van der Waals surface area (Å²) in [5.74, 6) is -0.204. The molecule has 8 heavy (non-hydrogen) atoms. The van der Waals surface area contributed by atoms with Crippen LogP contribution in [0.3, 0.4) is 0 Å². The smallest absolute Gasteiger partial charge is 0.302 e. The van der Waals surface area contributed by atoms with E-state index in [9.17, 15) is 4.79 Å². The molecule has 45 valence electrons. The fourth-order valence-electron chi connectivity index (χ4n) is 0.288. The molecule has 0 aromatic carbocycles. The molecular weight excluding hydrogens is 120 g/mol. The van der Waals surface area contributed by atoms with Crippen LogP contribution in [-0.2, 0) is 9.53 Å². The molecule has 2 nitrogen and oxygen atoms in total. The maximum Gasteiger partial charge on any atom is 0.302 e. The number of esters is 1. The van der Waals surface area contributed by atoms with Crippen LogP contribution in [-0.4, -0.2) is 22.8 Å². The zero-order valence-electron chi connectivity index (χ0n) is 4.94. The second-order valence-electron chi connectivity index (χ2n) is 1.44. The van der Waals surface area contributed by atoms with E-state index in [-0.39, 0.29) is 5.97 Å². The van der Waals surface area contributed by atoms with Crippen molar-refractivity contribution in [3.05, 3.63) is 0 Å². The molecule has 0 fully saturated rings. The lowest BCUT2D eigenvalue weighted by Gasteiger charge is -1.96. The Hall–Kier alpha value is -0.313. The molecule has 0 aliphatic heterocycles. The maximum absolute atomic E-state index is 10.1. The molecule has 0 bridgehead atoms. The van der Waals surface area contributed by atoms with Gasteiger partial charge in [-0.05, 0) is 6.42 Å². The van der Waals surface area contributed by atoms with Crippen LogP contribution in [0, 0.1) is 0 Å². The lowest BCUT2D eigenvalue weighted by molar-refractivity contribution is -0.140. The molecule has 0 aromatic rings. The van der Waals surface area contributed by atoms with Crippen molar-refractivity contribution in [2.24, 2.45) is 0 Å². The third-order valence-electron chi connectivity index (χ3n) is 0.626. The molecule has 0 atom stereocenters. The number of carbonyl (C=O) groups excluding carboxylic acids is 1. The van der Waals surface area contributed by atoms with Crippen LogP contribution in [0.1, 0.15) is 13.3 Å². The van der Waals surface area contributed by atoms with Crippen LogP contribution in [0.5, 0.6) is 0 Å². The van der Waals surface area contributed by atoms with Crippen molar-refractivity contribution in [1.82, 2.24) is 0 Å². The maximum atomic E-state index is 10.1. The Morgan fingerprint density at radius 3 is 2.75 bits per heavy atom. The number of hydrogen-bond donors (Lipinski definition) is 0. The van der Waals surface area contributed by atoms with Gasteiger partial charge in [-0.2, -0.15) is 0 Å². The highest BCUT2D eigenvalue weighted by atomic mass is 28.1. The number of ether oxygens (including phenoxy) is 1. The normalized spacial score (nSPS) is 8.75. The quantitative estimate of drug-likeness (QED) is 0.315. The average Bonchev–Trinajstić information content (AvgIpc) is 1.66. The van der Waals surface area contributed by atoms with Crippen molar-refractivity contribution < 1.29 is 9.53 Å². The molecule has 0 aromatic heterocycles. The van der Waals surface area contributed by atoms with E-state index in [2.05, 4.69) is 15.0 Å². The third-order valence-corrected chi connectivity index (χ3v) is 0.980. The Labute approximate surface area is 52.6 Å². The highest BCUT2D eigenvalue weighted by molar-refractivity contribution is 6.08. The third kappa shape index (κ3) is 5.69. The van der Waals surface area contributed by atoms with Crippen LogP contribution in [0.25, 0.3) is 0 Å². The molecule has 0 saturated carbocycles. The highest BCUT2D eigenvalue weighted by Crippen LogP contribution is 1.85. The summed E-state index contributed by atoms with van der Waals surface area (Å²) in [5, 5.41) is 0. The van der Waals surface area contributed by atoms with Gasteiger partial charge in [-0.1, -0.05) is 6.04 Å². The minimum Gasteiger partial charge on any atom is -0.466 e. The highest BCUT2D eigenvalue weighted by Gasteiger charge is 1.88. The van der Waals surface area contributed by atoms with Gasteiger partial charge in [-0.25, -0.2) is 0 Å². The van der Waals surface area contributed by atoms with Gasteiger partial charge in [0.05, 0.1) is 6.61 Å². The molecule has 0 rings (SSSR count). The molecule has 0 aliphatic rings. The summed E-state index contributed by atoms with van der Waals surface area (Å²) >= 11 is 0. The van der Waals surface area contributed by atoms with Crippen molar-refractivity contribution in [3.63, 3.8) is 0 Å². The molecular formula is C5H9O2Si. The topological polar surface area (TPSA) is 26.3 Å². The second-order valence-corrected chi connectivity index (χ2v) is 1.94. The van der Waals surface area contributed by atoms with Crippen LogP contribution in [0.15, 0.2) is 0 Å². The summed E-state index contributed by atoms with van der Waals surface area (Å²) in [6, 6.07) is 0.882. The summed E-state index contributed by atoms with van der Waals surface area (Å²) in [7, 11) is 3.25. The zero-order valence-corrected chi connectivity index (χ0v) is 5.94. The van der Waals surface area contributed by atoms with Crippen LogP contribution in [0.4, 0.5) is 0 Å². The Morgan fingerprint density at radius 2 is 2.38 bits per heavy atom. The monoisotopic (exact) mass is 129 g/mol. The molecule has 0 aliphatic carbocycles. The summed E-state index contributed by atoms with van der Waals surface area (Å²) in [6.45, 7) is 1.94. The van der Waals surface area contributed by atoms with Gasteiger partial charge >= 0.3 is 5.97 Å². The minimum atomic E-state index is -0.204. The molecule has 3 heteroatoms. The fourth-order valence-corrected chi connectivity index (χ4v) is 0.432. The number of rotatable bonds is 3. The summed E-state index contributed by atoms with van der Waals surface area (Å²) in [4.78, 5) is 10.1. The van der Waals surface area contributed by atoms with Gasteiger partial charge in [-0.15, -0.1) is 0 Å². The van der Waals surface area contributed by atoms with Crippen molar-refractivity contribution in [2.45, 2.75) is 19.4 Å². The second kappa shape index (κ2) is 4.84. The Morgan fingerprint density at radius 1 is 1.75 bits per heavy atom. The average molecular weight is 129 g/mol. The molecule has 0 spiro atoms. The van der Waals surface area contributed by atoms with Gasteiger partial charge < -0.3 is 4.74 Å². The van der Waals surface area contributed by atoms with Crippen LogP contribution in [0.2, 0.25) is 6.04 Å². The van der Waals surface area contributed by atoms with Gasteiger partial charge in [0.2, 0.25) is 0 Å². The van der Waals surface area contributed by atoms with Gasteiger partial charge in [-0.3, -0.25) is 4.79 Å². The Kier molecular flexibility index (Phi) is 4.65. The summed E-state index contributed by atoms with van der Waals surface area (Å²) in [5.41, 5.74) is 0. The van der Waals surface area contributed by atoms with E-state index in [1.165, 1.54) is 6.92 Å². The predicted molar refractivity (Wildman–Crippen MR) is 31.8 cm³/mol. The van der Waals surface area contributed by atoms with E-state index >= 15 is 0 Å². The fraction of sp³-hybridized carbons (Fsp3) is 0.800.